The maximum atomic E-state index is 12.3. The molecule has 0 aliphatic heterocycles. The number of carbonyl (C=O) groups is 1. The Kier molecular flexibility index (Phi) is 6.91. The second kappa shape index (κ2) is 8.80. The van der Waals surface area contributed by atoms with E-state index >= 15 is 0 Å². The first kappa shape index (κ1) is 22.0. The Labute approximate surface area is 173 Å². The van der Waals surface area contributed by atoms with Gasteiger partial charge >= 0.3 is 6.03 Å². The first-order chi connectivity index (χ1) is 13.0. The van der Waals surface area contributed by atoms with E-state index in [4.69, 9.17) is 39.5 Å². The minimum atomic E-state index is -4.27. The molecule has 14 heteroatoms. The lowest BCUT2D eigenvalue weighted by atomic mass is 10.2. The lowest BCUT2D eigenvalue weighted by Gasteiger charge is -2.13. The number of benzene rings is 2. The summed E-state index contributed by atoms with van der Waals surface area (Å²) in [6.45, 7) is 0. The molecule has 2 amide bonds. The molecule has 0 aromatic heterocycles. The van der Waals surface area contributed by atoms with Crippen molar-refractivity contribution in [1.29, 1.82) is 0 Å². The summed E-state index contributed by atoms with van der Waals surface area (Å²) in [6.07, 6.45) is 0. The fraction of sp³-hybridized carbons (Fsp3) is 0.0714. The van der Waals surface area contributed by atoms with E-state index in [0.29, 0.717) is 0 Å². The number of carbonyl (C=O) groups excluding carboxylic acids is 1. The van der Waals surface area contributed by atoms with Crippen LogP contribution in [0.4, 0.5) is 16.2 Å². The summed E-state index contributed by atoms with van der Waals surface area (Å²) < 4.78 is 29.5. The smallest absolute Gasteiger partial charge is 0.334 e. The van der Waals surface area contributed by atoms with Gasteiger partial charge in [-0.1, -0.05) is 34.8 Å². The first-order valence-electron chi connectivity index (χ1n) is 7.11. The van der Waals surface area contributed by atoms with Gasteiger partial charge in [-0.3, -0.25) is 15.5 Å². The van der Waals surface area contributed by atoms with Crippen LogP contribution in [0.2, 0.25) is 15.1 Å². The maximum absolute atomic E-state index is 12.3. The maximum Gasteiger partial charge on any atom is 0.334 e. The average Bonchev–Trinajstić information content (AvgIpc) is 2.63. The Morgan fingerprint density at radius 2 is 1.75 bits per heavy atom. The number of sulfonamides is 1. The highest BCUT2D eigenvalue weighted by atomic mass is 35.5. The normalized spacial score (nSPS) is 11.0. The van der Waals surface area contributed by atoms with Gasteiger partial charge in [0.05, 0.1) is 38.9 Å². The second-order valence-electron chi connectivity index (χ2n) is 5.02. The van der Waals surface area contributed by atoms with E-state index in [1.807, 2.05) is 10.3 Å². The molecule has 0 fully saturated rings. The molecule has 28 heavy (non-hydrogen) atoms. The number of rotatable bonds is 6. The van der Waals surface area contributed by atoms with E-state index in [1.165, 1.54) is 13.2 Å². The number of nitrogens with zero attached hydrogens (tertiary/aromatic N) is 1. The molecule has 10 nitrogen and oxygen atoms in total. The van der Waals surface area contributed by atoms with Crippen LogP contribution in [0.3, 0.4) is 0 Å². The summed E-state index contributed by atoms with van der Waals surface area (Å²) >= 11 is 17.4. The Bertz CT molecular complexity index is 1050. The zero-order valence-electron chi connectivity index (χ0n) is 13.8. The van der Waals surface area contributed by atoms with E-state index < -0.39 is 25.9 Å². The number of amides is 2. The molecule has 0 aliphatic carbocycles. The second-order valence-corrected chi connectivity index (χ2v) is 7.90. The molecule has 0 unspecified atom stereocenters. The van der Waals surface area contributed by atoms with Gasteiger partial charge in [-0.2, -0.15) is 0 Å². The predicted octanol–water partition coefficient (Wildman–Crippen LogP) is 3.58. The van der Waals surface area contributed by atoms with E-state index in [-0.39, 0.29) is 32.2 Å². The molecular formula is C14H11Cl3N4O6S. The molecular weight excluding hydrogens is 459 g/mol. The van der Waals surface area contributed by atoms with Crippen LogP contribution >= 0.6 is 34.8 Å². The van der Waals surface area contributed by atoms with Crippen LogP contribution in [0.1, 0.15) is 0 Å². The van der Waals surface area contributed by atoms with Crippen LogP contribution in [-0.4, -0.2) is 26.5 Å². The quantitative estimate of drug-likeness (QED) is 0.336. The number of halogens is 3. The fourth-order valence-corrected chi connectivity index (χ4v) is 3.77. The van der Waals surface area contributed by atoms with Crippen LogP contribution in [-0.2, 0) is 10.0 Å². The molecule has 150 valence electrons. The van der Waals surface area contributed by atoms with Gasteiger partial charge in [0.2, 0.25) is 0 Å². The van der Waals surface area contributed by atoms with E-state index in [2.05, 4.69) is 5.32 Å². The molecule has 0 heterocycles. The van der Waals surface area contributed by atoms with Crippen molar-refractivity contribution in [2.45, 2.75) is 4.90 Å². The summed E-state index contributed by atoms with van der Waals surface area (Å²) in [5.74, 6) is -0.000246. The van der Waals surface area contributed by atoms with Gasteiger partial charge < -0.3 is 10.1 Å². The van der Waals surface area contributed by atoms with Gasteiger partial charge in [-0.15, -0.1) is 4.83 Å². The molecule has 3 N–H and O–H groups in total. The number of nitro benzene ring substituents is 1. The number of nitro groups is 1. The molecule has 0 bridgehead atoms. The van der Waals surface area contributed by atoms with Gasteiger partial charge in [0.25, 0.3) is 15.7 Å². The summed E-state index contributed by atoms with van der Waals surface area (Å²) in [6, 6.07) is 4.62. The van der Waals surface area contributed by atoms with Crippen molar-refractivity contribution in [1.82, 2.24) is 10.3 Å². The van der Waals surface area contributed by atoms with E-state index in [0.717, 1.165) is 24.3 Å². The van der Waals surface area contributed by atoms with Gasteiger partial charge in [0.15, 0.2) is 0 Å². The van der Waals surface area contributed by atoms with Crippen LogP contribution in [0.5, 0.6) is 5.75 Å². The number of urea groups is 1. The highest BCUT2D eigenvalue weighted by Gasteiger charge is 2.21. The van der Waals surface area contributed by atoms with Crippen molar-refractivity contribution in [3.8, 4) is 5.75 Å². The summed E-state index contributed by atoms with van der Waals surface area (Å²) in [5, 5.41) is 12.9. The van der Waals surface area contributed by atoms with E-state index in [1.54, 1.807) is 0 Å². The van der Waals surface area contributed by atoms with Gasteiger partial charge in [-0.25, -0.2) is 13.2 Å². The Morgan fingerprint density at radius 1 is 1.11 bits per heavy atom. The van der Waals surface area contributed by atoms with Crippen molar-refractivity contribution < 1.29 is 22.9 Å². The third kappa shape index (κ3) is 5.14. The molecule has 0 radical (unpaired) electrons. The molecule has 2 rings (SSSR count). The average molecular weight is 470 g/mol. The molecule has 0 saturated heterocycles. The SMILES string of the molecule is COc1cc([N+](=O)[O-])ccc1NC(=O)NNS(=O)(=O)c1cc(Cl)c(Cl)cc1Cl. The number of hydrogen-bond acceptors (Lipinski definition) is 6. The Morgan fingerprint density at radius 3 is 2.36 bits per heavy atom. The minimum Gasteiger partial charge on any atom is -0.494 e. The molecule has 0 atom stereocenters. The summed E-state index contributed by atoms with van der Waals surface area (Å²) in [5.41, 5.74) is 1.72. The van der Waals surface area contributed by atoms with Crippen LogP contribution < -0.4 is 20.3 Å². The van der Waals surface area contributed by atoms with Crippen molar-refractivity contribution >= 4 is 62.2 Å². The topological polar surface area (TPSA) is 140 Å². The predicted molar refractivity (Wildman–Crippen MR) is 104 cm³/mol. The van der Waals surface area contributed by atoms with Crippen LogP contribution in [0.15, 0.2) is 35.2 Å². The molecule has 2 aromatic carbocycles. The van der Waals surface area contributed by atoms with Gasteiger partial charge in [-0.05, 0) is 18.2 Å². The highest BCUT2D eigenvalue weighted by Crippen LogP contribution is 2.31. The third-order valence-electron chi connectivity index (χ3n) is 3.21. The lowest BCUT2D eigenvalue weighted by molar-refractivity contribution is -0.384. The monoisotopic (exact) mass is 468 g/mol. The number of nitrogens with one attached hydrogen (secondary N) is 3. The molecule has 2 aromatic rings. The third-order valence-corrected chi connectivity index (χ3v) is 5.64. The Hall–Kier alpha value is -2.31. The van der Waals surface area contributed by atoms with Crippen LogP contribution in [0, 0.1) is 10.1 Å². The number of ether oxygens (including phenoxy) is 1. The van der Waals surface area contributed by atoms with E-state index in [9.17, 15) is 23.3 Å². The highest BCUT2D eigenvalue weighted by molar-refractivity contribution is 7.89. The summed E-state index contributed by atoms with van der Waals surface area (Å²) in [4.78, 5) is 23.5. The van der Waals surface area contributed by atoms with Gasteiger partial charge in [0, 0.05) is 6.07 Å². The number of non-ortho nitro benzene ring substituents is 1. The molecule has 0 saturated carbocycles. The lowest BCUT2D eigenvalue weighted by Crippen LogP contribution is -2.43. The summed E-state index contributed by atoms with van der Waals surface area (Å²) in [7, 11) is -3.02. The molecule has 0 aliphatic rings. The first-order valence-corrected chi connectivity index (χ1v) is 9.72. The Balaban J connectivity index is 2.12. The fourth-order valence-electron chi connectivity index (χ4n) is 1.93. The van der Waals surface area contributed by atoms with Gasteiger partial charge in [0.1, 0.15) is 10.6 Å². The van der Waals surface area contributed by atoms with Crippen LogP contribution in [0.25, 0.3) is 0 Å². The zero-order chi connectivity index (χ0) is 21.1. The number of hydrazine groups is 1. The van der Waals surface area contributed by atoms with Crippen molar-refractivity contribution in [2.75, 3.05) is 12.4 Å². The number of methoxy groups -OCH3 is 1. The molecule has 0 spiro atoms. The zero-order valence-corrected chi connectivity index (χ0v) is 16.9. The van der Waals surface area contributed by atoms with Crippen molar-refractivity contribution in [3.63, 3.8) is 0 Å². The van der Waals surface area contributed by atoms with Crippen molar-refractivity contribution in [3.05, 3.63) is 55.5 Å². The van der Waals surface area contributed by atoms with Crippen molar-refractivity contribution in [2.24, 2.45) is 0 Å². The minimum absolute atomic E-state index is 0.000246. The number of anilines is 1. The standard InChI is InChI=1S/C14H11Cl3N4O6S/c1-27-12-4-7(21(23)24)2-3-11(12)18-14(22)19-20-28(25,26)13-6-9(16)8(15)5-10(13)17/h2-6,20H,1H3,(H2,18,19,22). The number of hydrogen-bond donors (Lipinski definition) is 3. The largest absolute Gasteiger partial charge is 0.494 e.